The van der Waals surface area contributed by atoms with Crippen molar-refractivity contribution in [3.05, 3.63) is 29.0 Å². The number of rotatable bonds is 6. The summed E-state index contributed by atoms with van der Waals surface area (Å²) in [6.07, 6.45) is 5.62. The van der Waals surface area contributed by atoms with Crippen LogP contribution in [0.5, 0.6) is 0 Å². The molecule has 1 atom stereocenters. The van der Waals surface area contributed by atoms with Crippen LogP contribution in [-0.4, -0.2) is 41.5 Å². The van der Waals surface area contributed by atoms with E-state index in [0.29, 0.717) is 30.6 Å². The van der Waals surface area contributed by atoms with Crippen LogP contribution in [0.15, 0.2) is 18.3 Å². The van der Waals surface area contributed by atoms with Crippen molar-refractivity contribution in [1.29, 1.82) is 0 Å². The number of nitrogens with one attached hydrogen (secondary N) is 1. The first-order valence-electron chi connectivity index (χ1n) is 7.51. The summed E-state index contributed by atoms with van der Waals surface area (Å²) in [5.41, 5.74) is 6.29. The molecule has 1 amide bonds. The highest BCUT2D eigenvalue weighted by molar-refractivity contribution is 6.31. The molecule has 1 saturated heterocycles. The van der Waals surface area contributed by atoms with Gasteiger partial charge in [-0.3, -0.25) is 14.7 Å². The van der Waals surface area contributed by atoms with E-state index in [1.165, 1.54) is 12.8 Å². The Kier molecular flexibility index (Phi) is 6.42. The Hall–Kier alpha value is -1.17. The third-order valence-corrected chi connectivity index (χ3v) is 4.19. The van der Waals surface area contributed by atoms with Gasteiger partial charge < -0.3 is 11.1 Å². The average Bonchev–Trinajstić information content (AvgIpc) is 2.49. The van der Waals surface area contributed by atoms with Gasteiger partial charge in [0, 0.05) is 38.3 Å². The van der Waals surface area contributed by atoms with Crippen molar-refractivity contribution >= 4 is 17.5 Å². The molecule has 2 heterocycles. The Balaban J connectivity index is 1.92. The maximum absolute atomic E-state index is 11.6. The molecule has 1 aromatic rings. The fraction of sp³-hybridized carbons (Fsp3) is 0.600. The van der Waals surface area contributed by atoms with Crippen molar-refractivity contribution in [2.45, 2.75) is 38.3 Å². The van der Waals surface area contributed by atoms with Gasteiger partial charge in [-0.2, -0.15) is 0 Å². The second-order valence-corrected chi connectivity index (χ2v) is 5.80. The zero-order valence-corrected chi connectivity index (χ0v) is 13.0. The number of carbonyl (C=O) groups is 1. The molecule has 116 valence electrons. The molecule has 6 heteroatoms. The van der Waals surface area contributed by atoms with Crippen LogP contribution in [0.25, 0.3) is 0 Å². The lowest BCUT2D eigenvalue weighted by Crippen LogP contribution is -2.46. The molecule has 0 radical (unpaired) electrons. The van der Waals surface area contributed by atoms with Gasteiger partial charge in [0.05, 0.1) is 10.7 Å². The van der Waals surface area contributed by atoms with Crippen LogP contribution in [0.1, 0.15) is 31.4 Å². The number of aromatic nitrogens is 1. The van der Waals surface area contributed by atoms with Gasteiger partial charge in [-0.15, -0.1) is 0 Å². The first-order valence-corrected chi connectivity index (χ1v) is 7.88. The molecule has 0 spiro atoms. The van der Waals surface area contributed by atoms with E-state index in [2.05, 4.69) is 15.2 Å². The zero-order chi connectivity index (χ0) is 15.1. The molecule has 21 heavy (non-hydrogen) atoms. The number of likely N-dealkylation sites (tertiary alicyclic amines) is 1. The van der Waals surface area contributed by atoms with Crippen molar-refractivity contribution in [2.75, 3.05) is 19.6 Å². The number of pyridine rings is 1. The molecule has 0 aliphatic carbocycles. The summed E-state index contributed by atoms with van der Waals surface area (Å²) in [6, 6.07) is 4.05. The molecule has 1 unspecified atom stereocenters. The van der Waals surface area contributed by atoms with Crippen molar-refractivity contribution in [2.24, 2.45) is 5.73 Å². The highest BCUT2D eigenvalue weighted by Gasteiger charge is 2.23. The lowest BCUT2D eigenvalue weighted by atomic mass is 10.0. The summed E-state index contributed by atoms with van der Waals surface area (Å²) in [6.45, 7) is 2.81. The van der Waals surface area contributed by atoms with Crippen molar-refractivity contribution in [3.63, 3.8) is 0 Å². The first-order chi connectivity index (χ1) is 10.2. The first kappa shape index (κ1) is 16.2. The number of hydrogen-bond acceptors (Lipinski definition) is 4. The van der Waals surface area contributed by atoms with E-state index < -0.39 is 0 Å². The molecule has 0 saturated carbocycles. The minimum absolute atomic E-state index is 0.0268. The van der Waals surface area contributed by atoms with Crippen LogP contribution in [0.2, 0.25) is 5.02 Å². The Morgan fingerprint density at radius 2 is 2.38 bits per heavy atom. The van der Waals surface area contributed by atoms with Crippen molar-refractivity contribution in [1.82, 2.24) is 15.2 Å². The molecule has 0 aromatic carbocycles. The molecule has 3 N–H and O–H groups in total. The van der Waals surface area contributed by atoms with Crippen LogP contribution >= 0.6 is 11.6 Å². The van der Waals surface area contributed by atoms with Gasteiger partial charge in [0.15, 0.2) is 0 Å². The number of halogens is 1. The standard InChI is InChI=1S/C15H23ClN4O/c16-13-5-3-8-18-14(13)11-20-9-2-1-4-12(20)10-19-15(21)6-7-17/h3,5,8,12H,1-2,4,6-7,9-11,17H2,(H,19,21). The second-order valence-electron chi connectivity index (χ2n) is 5.39. The Bertz CT molecular complexity index is 469. The highest BCUT2D eigenvalue weighted by Crippen LogP contribution is 2.21. The molecule has 0 bridgehead atoms. The minimum atomic E-state index is 0.0268. The molecule has 1 fully saturated rings. The summed E-state index contributed by atoms with van der Waals surface area (Å²) >= 11 is 6.19. The number of amides is 1. The maximum atomic E-state index is 11.6. The van der Waals surface area contributed by atoms with Crippen LogP contribution in [0, 0.1) is 0 Å². The minimum Gasteiger partial charge on any atom is -0.354 e. The molecular formula is C15H23ClN4O. The number of piperidine rings is 1. The van der Waals surface area contributed by atoms with E-state index in [-0.39, 0.29) is 5.91 Å². The SMILES string of the molecule is NCCC(=O)NCC1CCCCN1Cc1ncccc1Cl. The lowest BCUT2D eigenvalue weighted by molar-refractivity contribution is -0.121. The van der Waals surface area contributed by atoms with E-state index in [4.69, 9.17) is 17.3 Å². The summed E-state index contributed by atoms with van der Waals surface area (Å²) in [7, 11) is 0. The molecule has 5 nitrogen and oxygen atoms in total. The predicted octanol–water partition coefficient (Wildman–Crippen LogP) is 1.55. The van der Waals surface area contributed by atoms with Gasteiger partial charge in [-0.1, -0.05) is 18.0 Å². The largest absolute Gasteiger partial charge is 0.354 e. The molecule has 1 aromatic heterocycles. The van der Waals surface area contributed by atoms with E-state index >= 15 is 0 Å². The van der Waals surface area contributed by atoms with Gasteiger partial charge >= 0.3 is 0 Å². The van der Waals surface area contributed by atoms with E-state index in [0.717, 1.165) is 25.2 Å². The number of carbonyl (C=O) groups excluding carboxylic acids is 1. The number of nitrogens with two attached hydrogens (primary N) is 1. The maximum Gasteiger partial charge on any atom is 0.221 e. The molecule has 1 aliphatic heterocycles. The van der Waals surface area contributed by atoms with Crippen molar-refractivity contribution < 1.29 is 4.79 Å². The predicted molar refractivity (Wildman–Crippen MR) is 84.0 cm³/mol. The smallest absolute Gasteiger partial charge is 0.221 e. The fourth-order valence-corrected chi connectivity index (χ4v) is 2.86. The third kappa shape index (κ3) is 4.95. The van der Waals surface area contributed by atoms with Crippen LogP contribution < -0.4 is 11.1 Å². The van der Waals surface area contributed by atoms with E-state index in [9.17, 15) is 4.79 Å². The summed E-state index contributed by atoms with van der Waals surface area (Å²) < 4.78 is 0. The lowest BCUT2D eigenvalue weighted by Gasteiger charge is -2.35. The van der Waals surface area contributed by atoms with Gasteiger partial charge in [-0.25, -0.2) is 0 Å². The second kappa shape index (κ2) is 8.32. The fourth-order valence-electron chi connectivity index (χ4n) is 2.68. The van der Waals surface area contributed by atoms with Crippen LogP contribution in [0.4, 0.5) is 0 Å². The average molecular weight is 311 g/mol. The highest BCUT2D eigenvalue weighted by atomic mass is 35.5. The van der Waals surface area contributed by atoms with E-state index in [1.54, 1.807) is 6.20 Å². The molecular weight excluding hydrogens is 288 g/mol. The quantitative estimate of drug-likeness (QED) is 0.836. The Morgan fingerprint density at radius 1 is 1.52 bits per heavy atom. The summed E-state index contributed by atoms with van der Waals surface area (Å²) in [4.78, 5) is 18.3. The topological polar surface area (TPSA) is 71.2 Å². The monoisotopic (exact) mass is 310 g/mol. The summed E-state index contributed by atoms with van der Waals surface area (Å²) in [5.74, 6) is 0.0268. The molecule has 1 aliphatic rings. The van der Waals surface area contributed by atoms with Gasteiger partial charge in [0.1, 0.15) is 0 Å². The number of hydrogen-bond donors (Lipinski definition) is 2. The van der Waals surface area contributed by atoms with Crippen molar-refractivity contribution in [3.8, 4) is 0 Å². The van der Waals surface area contributed by atoms with Crippen LogP contribution in [0.3, 0.4) is 0 Å². The van der Waals surface area contributed by atoms with E-state index in [1.807, 2.05) is 12.1 Å². The van der Waals surface area contributed by atoms with Gasteiger partial charge in [0.2, 0.25) is 5.91 Å². The molecule has 2 rings (SSSR count). The van der Waals surface area contributed by atoms with Crippen LogP contribution in [-0.2, 0) is 11.3 Å². The normalized spacial score (nSPS) is 19.4. The summed E-state index contributed by atoms with van der Waals surface area (Å²) in [5, 5.41) is 3.67. The third-order valence-electron chi connectivity index (χ3n) is 3.84. The number of nitrogens with zero attached hydrogens (tertiary/aromatic N) is 2. The zero-order valence-electron chi connectivity index (χ0n) is 12.2. The van der Waals surface area contributed by atoms with Gasteiger partial charge in [-0.05, 0) is 31.5 Å². The van der Waals surface area contributed by atoms with Gasteiger partial charge in [0.25, 0.3) is 0 Å². The Morgan fingerprint density at radius 3 is 3.14 bits per heavy atom. The Labute approximate surface area is 130 Å².